The van der Waals surface area contributed by atoms with Crippen LogP contribution in [0, 0.1) is 0 Å². The number of hydrogen-bond acceptors (Lipinski definition) is 4. The molecule has 1 saturated heterocycles. The van der Waals surface area contributed by atoms with Crippen LogP contribution >= 0.6 is 0 Å². The van der Waals surface area contributed by atoms with E-state index in [1.54, 1.807) is 53.1 Å². The number of benzene rings is 1. The second kappa shape index (κ2) is 8.42. The molecule has 1 aliphatic rings. The van der Waals surface area contributed by atoms with E-state index in [0.717, 1.165) is 24.8 Å². The number of sulfonamides is 1. The summed E-state index contributed by atoms with van der Waals surface area (Å²) in [5.41, 5.74) is 1.65. The molecule has 0 spiro atoms. The maximum absolute atomic E-state index is 12.6. The Morgan fingerprint density at radius 3 is 2.31 bits per heavy atom. The van der Waals surface area contributed by atoms with Gasteiger partial charge in [0, 0.05) is 37.6 Å². The molecule has 6 nitrogen and oxygen atoms in total. The molecule has 2 aromatic rings. The summed E-state index contributed by atoms with van der Waals surface area (Å²) in [5.74, 6) is -0.0822. The van der Waals surface area contributed by atoms with Gasteiger partial charge in [-0.1, -0.05) is 18.6 Å². The normalized spacial score (nSPS) is 15.5. The minimum absolute atomic E-state index is 0.0822. The van der Waals surface area contributed by atoms with Crippen molar-refractivity contribution in [1.29, 1.82) is 0 Å². The first-order valence-corrected chi connectivity index (χ1v) is 10.3. The fraction of sp³-hybridized carbons (Fsp3) is 0.368. The van der Waals surface area contributed by atoms with Gasteiger partial charge in [-0.25, -0.2) is 8.42 Å². The minimum Gasteiger partial charge on any atom is -0.326 e. The number of pyridine rings is 1. The lowest BCUT2D eigenvalue weighted by atomic mass is 10.1. The number of rotatable bonds is 6. The smallest absolute Gasteiger partial charge is 0.243 e. The van der Waals surface area contributed by atoms with Gasteiger partial charge < -0.3 is 5.32 Å². The molecule has 0 aliphatic carbocycles. The predicted octanol–water partition coefficient (Wildman–Crippen LogP) is 2.83. The summed E-state index contributed by atoms with van der Waals surface area (Å²) in [6.45, 7) is 1.19. The first-order chi connectivity index (χ1) is 12.6. The summed E-state index contributed by atoms with van der Waals surface area (Å²) in [6, 6.07) is 10.3. The Hall–Kier alpha value is -2.25. The van der Waals surface area contributed by atoms with E-state index in [9.17, 15) is 13.2 Å². The molecule has 26 heavy (non-hydrogen) atoms. The van der Waals surface area contributed by atoms with Crippen molar-refractivity contribution in [1.82, 2.24) is 9.29 Å². The average Bonchev–Trinajstić information content (AvgIpc) is 2.68. The minimum atomic E-state index is -3.40. The predicted molar refractivity (Wildman–Crippen MR) is 100 cm³/mol. The summed E-state index contributed by atoms with van der Waals surface area (Å²) in [5, 5.41) is 2.81. The van der Waals surface area contributed by atoms with Crippen LogP contribution in [0.3, 0.4) is 0 Å². The lowest BCUT2D eigenvalue weighted by Gasteiger charge is -2.25. The van der Waals surface area contributed by atoms with Gasteiger partial charge in [0.25, 0.3) is 0 Å². The summed E-state index contributed by atoms with van der Waals surface area (Å²) in [4.78, 5) is 16.2. The zero-order valence-corrected chi connectivity index (χ0v) is 15.4. The molecule has 2 heterocycles. The number of piperidine rings is 1. The number of anilines is 1. The fourth-order valence-corrected chi connectivity index (χ4v) is 4.52. The molecule has 0 saturated carbocycles. The van der Waals surface area contributed by atoms with Gasteiger partial charge in [0.05, 0.1) is 4.90 Å². The van der Waals surface area contributed by atoms with Crippen LogP contribution in [0.5, 0.6) is 0 Å². The Kier molecular flexibility index (Phi) is 6.00. The standard InChI is InChI=1S/C19H23N3O3S/c23-19(21-17-10-12-20-13-11-17)9-6-16-4-7-18(8-5-16)26(24,25)22-14-2-1-3-15-22/h4-5,7-8,10-13H,1-3,6,9,14-15H2,(H,20,21,23). The highest BCUT2D eigenvalue weighted by Crippen LogP contribution is 2.21. The van der Waals surface area contributed by atoms with Crippen molar-refractivity contribution in [3.8, 4) is 0 Å². The first-order valence-electron chi connectivity index (χ1n) is 8.85. The van der Waals surface area contributed by atoms with Crippen molar-refractivity contribution < 1.29 is 13.2 Å². The van der Waals surface area contributed by atoms with E-state index in [1.807, 2.05) is 0 Å². The van der Waals surface area contributed by atoms with Gasteiger partial charge >= 0.3 is 0 Å². The highest BCUT2D eigenvalue weighted by Gasteiger charge is 2.25. The molecule has 7 heteroatoms. The number of aromatic nitrogens is 1. The van der Waals surface area contributed by atoms with Crippen molar-refractivity contribution in [2.45, 2.75) is 37.0 Å². The van der Waals surface area contributed by atoms with Crippen LogP contribution in [0.1, 0.15) is 31.2 Å². The molecule has 1 aromatic carbocycles. The monoisotopic (exact) mass is 373 g/mol. The number of aryl methyl sites for hydroxylation is 1. The summed E-state index contributed by atoms with van der Waals surface area (Å²) in [6.07, 6.45) is 7.07. The Bertz CT molecular complexity index is 830. The Balaban J connectivity index is 1.56. The third-order valence-electron chi connectivity index (χ3n) is 4.48. The fourth-order valence-electron chi connectivity index (χ4n) is 3.00. The number of amides is 1. The quantitative estimate of drug-likeness (QED) is 0.844. The lowest BCUT2D eigenvalue weighted by molar-refractivity contribution is -0.116. The molecule has 3 rings (SSSR count). The summed E-state index contributed by atoms with van der Waals surface area (Å²) in [7, 11) is -3.40. The average molecular weight is 373 g/mol. The second-order valence-corrected chi connectivity index (χ2v) is 8.33. The third kappa shape index (κ3) is 4.68. The zero-order valence-electron chi connectivity index (χ0n) is 14.6. The van der Waals surface area contributed by atoms with Gasteiger partial charge in [-0.2, -0.15) is 4.31 Å². The zero-order chi connectivity index (χ0) is 18.4. The maximum Gasteiger partial charge on any atom is 0.243 e. The molecule has 1 aromatic heterocycles. The van der Waals surface area contributed by atoms with Crippen molar-refractivity contribution >= 4 is 21.6 Å². The van der Waals surface area contributed by atoms with Crippen LogP contribution in [0.25, 0.3) is 0 Å². The summed E-state index contributed by atoms with van der Waals surface area (Å²) < 4.78 is 26.8. The number of carbonyl (C=O) groups is 1. The van der Waals surface area contributed by atoms with E-state index in [1.165, 1.54) is 0 Å². The van der Waals surface area contributed by atoms with Crippen LogP contribution in [0.15, 0.2) is 53.7 Å². The van der Waals surface area contributed by atoms with Crippen LogP contribution in [-0.2, 0) is 21.2 Å². The molecular weight excluding hydrogens is 350 g/mol. The SMILES string of the molecule is O=C(CCc1ccc(S(=O)(=O)N2CCCCC2)cc1)Nc1ccncc1. The van der Waals surface area contributed by atoms with E-state index in [4.69, 9.17) is 0 Å². The largest absolute Gasteiger partial charge is 0.326 e. The lowest BCUT2D eigenvalue weighted by Crippen LogP contribution is -2.35. The molecule has 0 radical (unpaired) electrons. The van der Waals surface area contributed by atoms with E-state index in [2.05, 4.69) is 10.3 Å². The Morgan fingerprint density at radius 2 is 1.65 bits per heavy atom. The van der Waals surface area contributed by atoms with Gasteiger partial charge in [-0.05, 0) is 49.1 Å². The molecule has 1 amide bonds. The van der Waals surface area contributed by atoms with E-state index in [0.29, 0.717) is 36.5 Å². The molecule has 0 atom stereocenters. The van der Waals surface area contributed by atoms with Gasteiger partial charge in [0.15, 0.2) is 0 Å². The molecular formula is C19H23N3O3S. The van der Waals surface area contributed by atoms with Gasteiger partial charge in [-0.3, -0.25) is 9.78 Å². The second-order valence-electron chi connectivity index (χ2n) is 6.39. The van der Waals surface area contributed by atoms with Crippen molar-refractivity contribution in [2.75, 3.05) is 18.4 Å². The van der Waals surface area contributed by atoms with Crippen LogP contribution in [0.4, 0.5) is 5.69 Å². The molecule has 138 valence electrons. The van der Waals surface area contributed by atoms with E-state index < -0.39 is 10.0 Å². The number of nitrogens with zero attached hydrogens (tertiary/aromatic N) is 2. The van der Waals surface area contributed by atoms with Crippen molar-refractivity contribution in [3.05, 3.63) is 54.4 Å². The van der Waals surface area contributed by atoms with Crippen LogP contribution in [0.2, 0.25) is 0 Å². The Morgan fingerprint density at radius 1 is 1.00 bits per heavy atom. The molecule has 1 aliphatic heterocycles. The van der Waals surface area contributed by atoms with Crippen molar-refractivity contribution in [2.24, 2.45) is 0 Å². The van der Waals surface area contributed by atoms with Gasteiger partial charge in [0.2, 0.25) is 15.9 Å². The topological polar surface area (TPSA) is 79.4 Å². The number of carbonyl (C=O) groups excluding carboxylic acids is 1. The number of hydrogen-bond donors (Lipinski definition) is 1. The number of nitrogens with one attached hydrogen (secondary N) is 1. The molecule has 1 N–H and O–H groups in total. The van der Waals surface area contributed by atoms with Crippen molar-refractivity contribution in [3.63, 3.8) is 0 Å². The third-order valence-corrected chi connectivity index (χ3v) is 6.39. The first kappa shape index (κ1) is 18.5. The van der Waals surface area contributed by atoms with Gasteiger partial charge in [-0.15, -0.1) is 0 Å². The highest BCUT2D eigenvalue weighted by atomic mass is 32.2. The molecule has 1 fully saturated rings. The Labute approximate surface area is 154 Å². The van der Waals surface area contributed by atoms with Crippen LogP contribution < -0.4 is 5.32 Å². The van der Waals surface area contributed by atoms with Crippen LogP contribution in [-0.4, -0.2) is 36.7 Å². The highest BCUT2D eigenvalue weighted by molar-refractivity contribution is 7.89. The molecule has 0 unspecified atom stereocenters. The summed E-state index contributed by atoms with van der Waals surface area (Å²) >= 11 is 0. The maximum atomic E-state index is 12.6. The molecule has 0 bridgehead atoms. The van der Waals surface area contributed by atoms with E-state index in [-0.39, 0.29) is 5.91 Å². The van der Waals surface area contributed by atoms with Gasteiger partial charge in [0.1, 0.15) is 0 Å². The van der Waals surface area contributed by atoms with E-state index >= 15 is 0 Å².